The molecule has 0 saturated heterocycles. The van der Waals surface area contributed by atoms with Crippen LogP contribution >= 0.6 is 0 Å². The predicted molar refractivity (Wildman–Crippen MR) is 219 cm³/mol. The van der Waals surface area contributed by atoms with Gasteiger partial charge in [0.05, 0.1) is 9.79 Å². The van der Waals surface area contributed by atoms with E-state index in [0.717, 1.165) is 49.7 Å². The smallest absolute Gasteiger partial charge is 0.744 e. The fraction of sp³-hybridized carbons (Fsp3) is 0.200. The second-order valence-electron chi connectivity index (χ2n) is 12.6. The number of phenols is 4. The third-order valence-corrected chi connectivity index (χ3v) is 10.9. The molecule has 0 spiro atoms. The van der Waals surface area contributed by atoms with E-state index in [1.165, 1.54) is 24.3 Å². The Morgan fingerprint density at radius 1 is 0.468 bits per heavy atom. The van der Waals surface area contributed by atoms with Crippen LogP contribution < -0.4 is 66.4 Å². The predicted octanol–water partition coefficient (Wildman–Crippen LogP) is -0.157. The van der Waals surface area contributed by atoms with E-state index in [1.807, 2.05) is 27.7 Å². The van der Waals surface area contributed by atoms with Gasteiger partial charge in [0, 0.05) is 83.4 Å². The molecule has 6 aromatic carbocycles. The van der Waals surface area contributed by atoms with Crippen LogP contribution in [0.4, 0.5) is 34.1 Å². The minimum atomic E-state index is -4.79. The molecule has 6 rings (SSSR count). The molecule has 6 aromatic rings. The molecule has 0 atom stereocenters. The van der Waals surface area contributed by atoms with E-state index < -0.39 is 41.5 Å². The van der Waals surface area contributed by atoms with Gasteiger partial charge in [0.25, 0.3) is 0 Å². The van der Waals surface area contributed by atoms with Gasteiger partial charge in [0.2, 0.25) is 0 Å². The molecule has 0 unspecified atom stereocenters. The first-order chi connectivity index (χ1) is 27.5. The first-order valence-corrected chi connectivity index (χ1v) is 20.7. The second-order valence-corrected chi connectivity index (χ2v) is 15.3. The third-order valence-electron chi connectivity index (χ3n) is 9.15. The van der Waals surface area contributed by atoms with Crippen LogP contribution in [-0.2, 0) is 37.6 Å². The number of nitrogens with zero attached hydrogens (tertiary/aromatic N) is 6. The Hall–Kier alpha value is -4.02. The van der Waals surface area contributed by atoms with Gasteiger partial charge >= 0.3 is 73.9 Å². The van der Waals surface area contributed by atoms with E-state index in [0.29, 0.717) is 0 Å². The number of fused-ring (bicyclic) bond motifs is 2. The monoisotopic (exact) mass is 901 g/mol. The van der Waals surface area contributed by atoms with Crippen LogP contribution in [0, 0.1) is 0 Å². The summed E-state index contributed by atoms with van der Waals surface area (Å²) in [6.45, 7) is 11.2. The summed E-state index contributed by atoms with van der Waals surface area (Å²) in [6.07, 6.45) is 0. The van der Waals surface area contributed by atoms with E-state index in [4.69, 9.17) is 0 Å². The van der Waals surface area contributed by atoms with Crippen LogP contribution in [0.15, 0.2) is 127 Å². The van der Waals surface area contributed by atoms with Crippen LogP contribution in [0.3, 0.4) is 0 Å². The van der Waals surface area contributed by atoms with Crippen molar-refractivity contribution in [3.8, 4) is 23.0 Å². The van der Waals surface area contributed by atoms with Gasteiger partial charge in [0.1, 0.15) is 66.0 Å². The van der Waals surface area contributed by atoms with E-state index in [-0.39, 0.29) is 130 Å². The minimum Gasteiger partial charge on any atom is -0.744 e. The molecular weight excluding hydrogens is 861 g/mol. The molecule has 22 heteroatoms. The van der Waals surface area contributed by atoms with Gasteiger partial charge in [0.15, 0.2) is 0 Å². The number of rotatable bonds is 12. The molecule has 0 aromatic heterocycles. The average molecular weight is 902 g/mol. The van der Waals surface area contributed by atoms with Gasteiger partial charge in [-0.15, -0.1) is 20.5 Å². The van der Waals surface area contributed by atoms with Gasteiger partial charge < -0.3 is 39.3 Å². The maximum absolute atomic E-state index is 11.5. The number of phenolic OH excluding ortho intramolecular Hbond substituents is 4. The molecule has 0 amide bonds. The number of benzene rings is 6. The third kappa shape index (κ3) is 13.0. The minimum absolute atomic E-state index is 0. The Bertz CT molecular complexity index is 2590. The zero-order chi connectivity index (χ0) is 42.4. The van der Waals surface area contributed by atoms with Crippen molar-refractivity contribution >= 4 is 75.9 Å². The van der Waals surface area contributed by atoms with Gasteiger partial charge in [-0.1, -0.05) is 48.5 Å². The number of anilines is 2. The first kappa shape index (κ1) is 56.0. The molecule has 16 nitrogen and oxygen atoms in total. The Kier molecular flexibility index (Phi) is 21.8. The quantitative estimate of drug-likeness (QED) is 0.0711. The van der Waals surface area contributed by atoms with Crippen LogP contribution in [-0.4, -0.2) is 72.5 Å². The van der Waals surface area contributed by atoms with E-state index >= 15 is 0 Å². The van der Waals surface area contributed by atoms with Crippen molar-refractivity contribution in [3.63, 3.8) is 0 Å². The number of azo groups is 2. The fourth-order valence-electron chi connectivity index (χ4n) is 6.22. The first-order valence-electron chi connectivity index (χ1n) is 17.9. The normalized spacial score (nSPS) is 11.2. The number of aromatic hydroxyl groups is 4. The Morgan fingerprint density at radius 3 is 1.05 bits per heavy atom. The van der Waals surface area contributed by atoms with E-state index in [2.05, 4.69) is 30.3 Å². The second kappa shape index (κ2) is 24.2. The summed E-state index contributed by atoms with van der Waals surface area (Å²) in [5.41, 5.74) is 2.05. The average Bonchev–Trinajstić information content (AvgIpc) is 3.18. The summed E-state index contributed by atoms with van der Waals surface area (Å²) >= 11 is 0. The van der Waals surface area contributed by atoms with E-state index in [9.17, 15) is 46.4 Å². The molecule has 307 valence electrons. The van der Waals surface area contributed by atoms with Crippen molar-refractivity contribution in [1.29, 1.82) is 0 Å². The Morgan fingerprint density at radius 2 is 0.774 bits per heavy atom. The number of hydrogen-bond acceptors (Lipinski definition) is 16. The molecule has 0 aliphatic rings. The summed E-state index contributed by atoms with van der Waals surface area (Å²) in [4.78, 5) is 3.05. The van der Waals surface area contributed by atoms with Crippen LogP contribution in [0.1, 0.15) is 27.7 Å². The van der Waals surface area contributed by atoms with Gasteiger partial charge in [-0.3, -0.25) is 0 Å². The standard InChI is InChI=1S/2C20H21N3O5S.Cr.3Li/c2*1-3-23(4-2)13-9-10-16(17(24)11-13)21-22-20-15-8-6-5-7-14(15)19(12-18(20)25)29(26,27)28;;;;/h2*5-12,24-25H,3-4H2,1-2H3,(H,26,27,28);;;;/q;;+3;3*+1/p-2. The van der Waals surface area contributed by atoms with Crippen molar-refractivity contribution in [2.24, 2.45) is 20.5 Å². The largest absolute Gasteiger partial charge is 3.00 e. The summed E-state index contributed by atoms with van der Waals surface area (Å²) in [5.74, 6) is -1.16. The molecular formula is C40H40CrLi3N6O10S2+4. The van der Waals surface area contributed by atoms with Crippen molar-refractivity contribution in [2.75, 3.05) is 36.0 Å². The molecule has 0 fully saturated rings. The zero-order valence-electron chi connectivity index (χ0n) is 35.2. The molecule has 0 aliphatic carbocycles. The molecule has 4 N–H and O–H groups in total. The molecule has 0 bridgehead atoms. The summed E-state index contributed by atoms with van der Waals surface area (Å²) in [5, 5.41) is 57.9. The summed E-state index contributed by atoms with van der Waals surface area (Å²) in [6, 6.07) is 24.0. The van der Waals surface area contributed by atoms with Gasteiger partial charge in [-0.05, 0) is 52.0 Å². The molecule has 62 heavy (non-hydrogen) atoms. The van der Waals surface area contributed by atoms with Crippen LogP contribution in [0.5, 0.6) is 23.0 Å². The Balaban J connectivity index is 0.000000582. The van der Waals surface area contributed by atoms with Crippen molar-refractivity contribution < 1.29 is 120 Å². The van der Waals surface area contributed by atoms with E-state index in [1.54, 1.807) is 60.7 Å². The molecule has 0 saturated carbocycles. The van der Waals surface area contributed by atoms with Crippen molar-refractivity contribution in [2.45, 2.75) is 37.5 Å². The van der Waals surface area contributed by atoms with Crippen LogP contribution in [0.2, 0.25) is 0 Å². The summed E-state index contributed by atoms with van der Waals surface area (Å²) in [7, 11) is -9.58. The maximum Gasteiger partial charge on any atom is 3.00 e. The number of hydrogen-bond donors (Lipinski definition) is 4. The maximum atomic E-state index is 11.5. The van der Waals surface area contributed by atoms with Crippen molar-refractivity contribution in [3.05, 3.63) is 97.1 Å². The summed E-state index contributed by atoms with van der Waals surface area (Å²) < 4.78 is 69.1. The van der Waals surface area contributed by atoms with Crippen molar-refractivity contribution in [1.82, 2.24) is 0 Å². The fourth-order valence-corrected chi connectivity index (χ4v) is 7.63. The van der Waals surface area contributed by atoms with Gasteiger partial charge in [-0.25, -0.2) is 16.8 Å². The molecule has 0 aliphatic heterocycles. The molecule has 0 heterocycles. The van der Waals surface area contributed by atoms with Gasteiger partial charge in [-0.2, -0.15) is 0 Å². The SMILES string of the molecule is CCN(CC)c1ccc(N=Nc2c(O)cc(S(=O)(=O)[O-])c3ccccc23)c(O)c1.CCN(CC)c1ccc(N=Nc2c(O)cc(S(=O)(=O)[O-])c3ccccc23)c(O)c1.[Cr+3].[Li+].[Li+].[Li+]. The molecule has 1 radical (unpaired) electrons. The topological polar surface area (TPSA) is 251 Å². The Labute approximate surface area is 407 Å². The van der Waals surface area contributed by atoms with Crippen LogP contribution in [0.25, 0.3) is 21.5 Å². The zero-order valence-corrected chi connectivity index (χ0v) is 38.1.